The molecule has 0 unspecified atom stereocenters. The van der Waals surface area contributed by atoms with Crippen LogP contribution in [0.5, 0.6) is 5.75 Å². The number of aliphatic hydroxyl groups excluding tert-OH is 1. The van der Waals surface area contributed by atoms with Crippen molar-refractivity contribution in [2.45, 2.75) is 38.5 Å². The Morgan fingerprint density at radius 3 is 2.52 bits per heavy atom. The third kappa shape index (κ3) is 4.31. The van der Waals surface area contributed by atoms with Crippen LogP contribution >= 0.6 is 0 Å². The first-order chi connectivity index (χ1) is 13.9. The maximum Gasteiger partial charge on any atom is 0.337 e. The molecule has 1 N–H and O–H groups in total. The first kappa shape index (κ1) is 19.9. The summed E-state index contributed by atoms with van der Waals surface area (Å²) < 4.78 is 12.8. The van der Waals surface area contributed by atoms with Gasteiger partial charge in [-0.3, -0.25) is 9.58 Å². The molecule has 1 aromatic carbocycles. The fourth-order valence-corrected chi connectivity index (χ4v) is 4.75. The summed E-state index contributed by atoms with van der Waals surface area (Å²) in [5, 5.41) is 15.1. The molecule has 2 fully saturated rings. The Bertz CT molecular complexity index is 863. The van der Waals surface area contributed by atoms with E-state index in [0.29, 0.717) is 23.1 Å². The van der Waals surface area contributed by atoms with Gasteiger partial charge in [0, 0.05) is 26.7 Å². The second-order valence-corrected chi connectivity index (χ2v) is 8.33. The smallest absolute Gasteiger partial charge is 0.337 e. The Labute approximate surface area is 171 Å². The summed E-state index contributed by atoms with van der Waals surface area (Å²) in [4.78, 5) is 14.0. The van der Waals surface area contributed by atoms with Crippen LogP contribution in [0.25, 0.3) is 0 Å². The van der Waals surface area contributed by atoms with Gasteiger partial charge < -0.3 is 14.6 Å². The van der Waals surface area contributed by atoms with Crippen molar-refractivity contribution in [3.63, 3.8) is 0 Å². The summed E-state index contributed by atoms with van der Waals surface area (Å²) in [5.74, 6) is 1.32. The zero-order valence-corrected chi connectivity index (χ0v) is 17.2. The van der Waals surface area contributed by atoms with Crippen LogP contribution in [0.3, 0.4) is 0 Å². The van der Waals surface area contributed by atoms with E-state index in [1.54, 1.807) is 24.3 Å². The maximum absolute atomic E-state index is 11.6. The van der Waals surface area contributed by atoms with Crippen LogP contribution in [0.2, 0.25) is 0 Å². The van der Waals surface area contributed by atoms with Crippen LogP contribution in [-0.4, -0.2) is 58.2 Å². The largest absolute Gasteiger partial charge is 0.488 e. The third-order valence-corrected chi connectivity index (χ3v) is 6.21. The number of ether oxygens (including phenoxy) is 2. The van der Waals surface area contributed by atoms with E-state index in [9.17, 15) is 9.90 Å². The SMILES string of the molecule is COC(=O)c1ccc(O[C@H]2C[C@@H]3CN(Cc4cc(C)nn4C)C[C@@H]3C[C@@H]2O)cc1. The number of fused-ring (bicyclic) bond motifs is 1. The van der Waals surface area contributed by atoms with Crippen LogP contribution in [0.1, 0.15) is 34.6 Å². The molecule has 1 aromatic heterocycles. The minimum absolute atomic E-state index is 0.223. The highest BCUT2D eigenvalue weighted by Crippen LogP contribution is 2.38. The van der Waals surface area contributed by atoms with E-state index >= 15 is 0 Å². The number of esters is 1. The van der Waals surface area contributed by atoms with Gasteiger partial charge in [0.15, 0.2) is 0 Å². The fourth-order valence-electron chi connectivity index (χ4n) is 4.75. The Morgan fingerprint density at radius 1 is 1.21 bits per heavy atom. The molecule has 2 aliphatic rings. The van der Waals surface area contributed by atoms with Gasteiger partial charge in [-0.1, -0.05) is 0 Å². The Morgan fingerprint density at radius 2 is 1.90 bits per heavy atom. The van der Waals surface area contributed by atoms with Crippen molar-refractivity contribution < 1.29 is 19.4 Å². The number of aromatic nitrogens is 2. The molecule has 7 nitrogen and oxygen atoms in total. The first-order valence-electron chi connectivity index (χ1n) is 10.2. The van der Waals surface area contributed by atoms with Gasteiger partial charge in [-0.25, -0.2) is 4.79 Å². The van der Waals surface area contributed by atoms with Gasteiger partial charge in [-0.15, -0.1) is 0 Å². The van der Waals surface area contributed by atoms with Crippen LogP contribution in [-0.2, 0) is 18.3 Å². The van der Waals surface area contributed by atoms with Gasteiger partial charge in [0.05, 0.1) is 30.2 Å². The lowest BCUT2D eigenvalue weighted by molar-refractivity contribution is -0.0231. The number of hydrogen-bond donors (Lipinski definition) is 1. The minimum atomic E-state index is -0.476. The number of likely N-dealkylation sites (tertiary alicyclic amines) is 1. The number of carbonyl (C=O) groups excluding carboxylic acids is 1. The van der Waals surface area contributed by atoms with Crippen molar-refractivity contribution in [3.8, 4) is 5.75 Å². The lowest BCUT2D eigenvalue weighted by atomic mass is 9.78. The van der Waals surface area contributed by atoms with Crippen molar-refractivity contribution in [3.05, 3.63) is 47.3 Å². The summed E-state index contributed by atoms with van der Waals surface area (Å²) in [6, 6.07) is 9.03. The molecule has 4 atom stereocenters. The van der Waals surface area contributed by atoms with Gasteiger partial charge in [-0.2, -0.15) is 5.10 Å². The van der Waals surface area contributed by atoms with Crippen LogP contribution in [0, 0.1) is 18.8 Å². The fraction of sp³-hybridized carbons (Fsp3) is 0.545. The highest BCUT2D eigenvalue weighted by molar-refractivity contribution is 5.89. The molecule has 2 heterocycles. The Kier molecular flexibility index (Phi) is 5.61. The van der Waals surface area contributed by atoms with Gasteiger partial charge in [-0.05, 0) is 61.9 Å². The predicted molar refractivity (Wildman–Crippen MR) is 108 cm³/mol. The van der Waals surface area contributed by atoms with Crippen LogP contribution < -0.4 is 4.74 Å². The van der Waals surface area contributed by atoms with Crippen LogP contribution in [0.15, 0.2) is 30.3 Å². The topological polar surface area (TPSA) is 76.8 Å². The summed E-state index contributed by atoms with van der Waals surface area (Å²) >= 11 is 0. The molecule has 1 saturated carbocycles. The van der Waals surface area contributed by atoms with E-state index in [1.807, 2.05) is 18.7 Å². The van der Waals surface area contributed by atoms with Gasteiger partial charge >= 0.3 is 5.97 Å². The number of aliphatic hydroxyl groups is 1. The number of aryl methyl sites for hydroxylation is 2. The summed E-state index contributed by atoms with van der Waals surface area (Å²) in [6.07, 6.45) is 0.900. The van der Waals surface area contributed by atoms with Crippen molar-refractivity contribution in [1.82, 2.24) is 14.7 Å². The number of rotatable bonds is 5. The number of hydrogen-bond acceptors (Lipinski definition) is 6. The van der Waals surface area contributed by atoms with Gasteiger partial charge in [0.2, 0.25) is 0 Å². The second-order valence-electron chi connectivity index (χ2n) is 8.33. The molecule has 2 aromatic rings. The van der Waals surface area contributed by atoms with Crippen molar-refractivity contribution in [1.29, 1.82) is 0 Å². The van der Waals surface area contributed by atoms with Crippen molar-refractivity contribution >= 4 is 5.97 Å². The molecule has 0 spiro atoms. The molecule has 0 amide bonds. The van der Waals surface area contributed by atoms with Gasteiger partial charge in [0.1, 0.15) is 11.9 Å². The number of benzene rings is 1. The highest BCUT2D eigenvalue weighted by atomic mass is 16.5. The average Bonchev–Trinajstić information content (AvgIpc) is 3.23. The van der Waals surface area contributed by atoms with E-state index in [2.05, 4.69) is 16.1 Å². The number of methoxy groups -OCH3 is 1. The molecule has 4 rings (SSSR count). The lowest BCUT2D eigenvalue weighted by Gasteiger charge is -2.35. The van der Waals surface area contributed by atoms with E-state index in [1.165, 1.54) is 12.8 Å². The molecule has 29 heavy (non-hydrogen) atoms. The number of carbonyl (C=O) groups is 1. The number of nitrogens with zero attached hydrogens (tertiary/aromatic N) is 3. The minimum Gasteiger partial charge on any atom is -0.488 e. The van der Waals surface area contributed by atoms with E-state index in [0.717, 1.165) is 38.2 Å². The molecule has 1 aliphatic heterocycles. The average molecular weight is 399 g/mol. The van der Waals surface area contributed by atoms with Gasteiger partial charge in [0.25, 0.3) is 0 Å². The Balaban J connectivity index is 1.36. The quantitative estimate of drug-likeness (QED) is 0.777. The molecule has 1 saturated heterocycles. The van der Waals surface area contributed by atoms with Crippen molar-refractivity contribution in [2.75, 3.05) is 20.2 Å². The van der Waals surface area contributed by atoms with E-state index in [4.69, 9.17) is 9.47 Å². The summed E-state index contributed by atoms with van der Waals surface area (Å²) in [6.45, 7) is 4.93. The zero-order chi connectivity index (χ0) is 20.5. The molecule has 156 valence electrons. The predicted octanol–water partition coefficient (Wildman–Crippen LogP) is 2.17. The monoisotopic (exact) mass is 399 g/mol. The Hall–Kier alpha value is -2.38. The van der Waals surface area contributed by atoms with Crippen molar-refractivity contribution in [2.24, 2.45) is 18.9 Å². The molecule has 1 aliphatic carbocycles. The summed E-state index contributed by atoms with van der Waals surface area (Å²) in [7, 11) is 3.35. The molecule has 7 heteroatoms. The molecule has 0 radical (unpaired) electrons. The standard InChI is InChI=1S/C22H29N3O4/c1-14-8-18(24(2)23-14)13-25-11-16-9-20(26)21(10-17(16)12-25)29-19-6-4-15(5-7-19)22(27)28-3/h4-8,16-17,20-21,26H,9-13H2,1-3H3/t16-,17+,20-,21-/m0/s1. The second kappa shape index (κ2) is 8.16. The maximum atomic E-state index is 11.6. The molecular formula is C22H29N3O4. The van der Waals surface area contributed by atoms with E-state index < -0.39 is 6.10 Å². The first-order valence-corrected chi connectivity index (χ1v) is 10.2. The summed E-state index contributed by atoms with van der Waals surface area (Å²) in [5.41, 5.74) is 2.75. The normalized spacial score (nSPS) is 26.9. The molecule has 0 bridgehead atoms. The highest BCUT2D eigenvalue weighted by Gasteiger charge is 2.42. The zero-order valence-electron chi connectivity index (χ0n) is 17.2. The third-order valence-electron chi connectivity index (χ3n) is 6.21. The lowest BCUT2D eigenvalue weighted by Crippen LogP contribution is -2.42. The molecular weight excluding hydrogens is 370 g/mol. The van der Waals surface area contributed by atoms with Crippen LogP contribution in [0.4, 0.5) is 0 Å². The van der Waals surface area contributed by atoms with E-state index in [-0.39, 0.29) is 12.1 Å².